The van der Waals surface area contributed by atoms with Crippen LogP contribution < -0.4 is 5.32 Å². The molecule has 0 radical (unpaired) electrons. The van der Waals surface area contributed by atoms with E-state index in [-0.39, 0.29) is 5.82 Å². The number of nitrogens with zero attached hydrogens (tertiary/aromatic N) is 1. The second kappa shape index (κ2) is 4.90. The van der Waals surface area contributed by atoms with Crippen LogP contribution in [-0.2, 0) is 0 Å². The quantitative estimate of drug-likeness (QED) is 0.691. The van der Waals surface area contributed by atoms with Crippen molar-refractivity contribution in [1.29, 1.82) is 0 Å². The van der Waals surface area contributed by atoms with Crippen LogP contribution in [0, 0.1) is 12.7 Å². The zero-order valence-electron chi connectivity index (χ0n) is 10.1. The van der Waals surface area contributed by atoms with Crippen LogP contribution in [0.3, 0.4) is 0 Å². The van der Waals surface area contributed by atoms with Gasteiger partial charge in [0.1, 0.15) is 5.82 Å². The molecule has 0 amide bonds. The van der Waals surface area contributed by atoms with Crippen molar-refractivity contribution in [3.05, 3.63) is 52.3 Å². The number of nitrogens with one attached hydrogen (secondary N) is 1. The van der Waals surface area contributed by atoms with E-state index >= 15 is 0 Å². The van der Waals surface area contributed by atoms with Gasteiger partial charge in [0.15, 0.2) is 5.13 Å². The lowest BCUT2D eigenvalue weighted by Gasteiger charge is -2.06. The van der Waals surface area contributed by atoms with E-state index in [4.69, 9.17) is 0 Å². The summed E-state index contributed by atoms with van der Waals surface area (Å²) in [6, 6.07) is 11.0. The highest BCUT2D eigenvalue weighted by atomic mass is 79.9. The van der Waals surface area contributed by atoms with Crippen molar-refractivity contribution in [2.45, 2.75) is 6.92 Å². The van der Waals surface area contributed by atoms with Crippen LogP contribution in [0.25, 0.3) is 10.2 Å². The average molecular weight is 337 g/mol. The molecule has 1 N–H and O–H groups in total. The van der Waals surface area contributed by atoms with Gasteiger partial charge in [0.2, 0.25) is 0 Å². The summed E-state index contributed by atoms with van der Waals surface area (Å²) in [5.74, 6) is -0.214. The van der Waals surface area contributed by atoms with Gasteiger partial charge in [-0.2, -0.15) is 0 Å². The molecule has 0 spiro atoms. The summed E-state index contributed by atoms with van der Waals surface area (Å²) >= 11 is 4.97. The lowest BCUT2D eigenvalue weighted by atomic mass is 10.2. The maximum absolute atomic E-state index is 13.5. The highest BCUT2D eigenvalue weighted by Gasteiger charge is 2.07. The fraction of sp³-hybridized carbons (Fsp3) is 0.0714. The normalized spacial score (nSPS) is 10.9. The topological polar surface area (TPSA) is 24.9 Å². The van der Waals surface area contributed by atoms with E-state index < -0.39 is 0 Å². The Morgan fingerprint density at radius 1 is 1.26 bits per heavy atom. The van der Waals surface area contributed by atoms with Crippen molar-refractivity contribution >= 4 is 48.3 Å². The standard InChI is InChI=1S/C14H10BrFN2S/c1-8-10(16)3-2-4-11(8)17-14-18-12-7-9(15)5-6-13(12)19-14/h2-7H,1H3,(H,17,18). The van der Waals surface area contributed by atoms with Crippen molar-refractivity contribution in [2.24, 2.45) is 0 Å². The molecule has 0 aliphatic carbocycles. The molecule has 0 fully saturated rings. The van der Waals surface area contributed by atoms with Crippen molar-refractivity contribution in [2.75, 3.05) is 5.32 Å². The minimum Gasteiger partial charge on any atom is -0.331 e. The van der Waals surface area contributed by atoms with Gasteiger partial charge in [0.05, 0.1) is 10.2 Å². The molecule has 19 heavy (non-hydrogen) atoms. The van der Waals surface area contributed by atoms with E-state index in [2.05, 4.69) is 26.2 Å². The van der Waals surface area contributed by atoms with Crippen molar-refractivity contribution in [1.82, 2.24) is 4.98 Å². The molecule has 0 aliphatic heterocycles. The van der Waals surface area contributed by atoms with Gasteiger partial charge in [-0.25, -0.2) is 9.37 Å². The predicted octanol–water partition coefficient (Wildman–Crippen LogP) is 5.25. The van der Waals surface area contributed by atoms with E-state index in [9.17, 15) is 4.39 Å². The molecule has 2 aromatic carbocycles. The van der Waals surface area contributed by atoms with Gasteiger partial charge < -0.3 is 5.32 Å². The minimum atomic E-state index is -0.214. The summed E-state index contributed by atoms with van der Waals surface area (Å²) < 4.78 is 15.6. The number of rotatable bonds is 2. The van der Waals surface area contributed by atoms with Gasteiger partial charge in [-0.15, -0.1) is 0 Å². The second-order valence-corrected chi connectivity index (χ2v) is 6.11. The maximum atomic E-state index is 13.5. The van der Waals surface area contributed by atoms with E-state index in [1.54, 1.807) is 24.3 Å². The highest BCUT2D eigenvalue weighted by Crippen LogP contribution is 2.31. The Kier molecular flexibility index (Phi) is 3.24. The first-order chi connectivity index (χ1) is 9.13. The molecule has 3 rings (SSSR count). The maximum Gasteiger partial charge on any atom is 0.188 e. The molecule has 0 saturated heterocycles. The Labute approximate surface area is 122 Å². The van der Waals surface area contributed by atoms with Gasteiger partial charge in [0.25, 0.3) is 0 Å². The molecule has 1 aromatic heterocycles. The number of halogens is 2. The van der Waals surface area contributed by atoms with Gasteiger partial charge in [-0.3, -0.25) is 0 Å². The molecule has 3 aromatic rings. The highest BCUT2D eigenvalue weighted by molar-refractivity contribution is 9.10. The molecule has 0 atom stereocenters. The summed E-state index contributed by atoms with van der Waals surface area (Å²) in [4.78, 5) is 4.49. The lowest BCUT2D eigenvalue weighted by molar-refractivity contribution is 0.619. The largest absolute Gasteiger partial charge is 0.331 e. The van der Waals surface area contributed by atoms with E-state index in [1.165, 1.54) is 6.07 Å². The monoisotopic (exact) mass is 336 g/mol. The van der Waals surface area contributed by atoms with Gasteiger partial charge >= 0.3 is 0 Å². The van der Waals surface area contributed by atoms with Crippen molar-refractivity contribution in [3.63, 3.8) is 0 Å². The van der Waals surface area contributed by atoms with Crippen LogP contribution >= 0.6 is 27.3 Å². The summed E-state index contributed by atoms with van der Waals surface area (Å²) in [6.45, 7) is 1.75. The second-order valence-electron chi connectivity index (χ2n) is 4.17. The number of aromatic nitrogens is 1. The molecule has 0 aliphatic rings. The first kappa shape index (κ1) is 12.6. The SMILES string of the molecule is Cc1c(F)cccc1Nc1nc2cc(Br)ccc2s1. The number of anilines is 2. The van der Waals surface area contributed by atoms with Gasteiger partial charge in [-0.1, -0.05) is 33.3 Å². The van der Waals surface area contributed by atoms with Crippen LogP contribution in [0.5, 0.6) is 0 Å². The molecule has 0 unspecified atom stereocenters. The Morgan fingerprint density at radius 2 is 2.11 bits per heavy atom. The zero-order chi connectivity index (χ0) is 13.4. The molecule has 1 heterocycles. The minimum absolute atomic E-state index is 0.214. The van der Waals surface area contributed by atoms with Gasteiger partial charge in [0, 0.05) is 15.7 Å². The van der Waals surface area contributed by atoms with E-state index in [1.807, 2.05) is 24.3 Å². The van der Waals surface area contributed by atoms with Crippen LogP contribution in [0.1, 0.15) is 5.56 Å². The summed E-state index contributed by atoms with van der Waals surface area (Å²) in [6.07, 6.45) is 0. The summed E-state index contributed by atoms with van der Waals surface area (Å²) in [7, 11) is 0. The zero-order valence-corrected chi connectivity index (χ0v) is 12.5. The number of benzene rings is 2. The summed E-state index contributed by atoms with van der Waals surface area (Å²) in [5.41, 5.74) is 2.27. The molecule has 96 valence electrons. The van der Waals surface area contributed by atoms with E-state index in [0.29, 0.717) is 5.56 Å². The number of hydrogen-bond donors (Lipinski definition) is 1. The molecular weight excluding hydrogens is 327 g/mol. The third-order valence-electron chi connectivity index (χ3n) is 2.86. The molecule has 2 nitrogen and oxygen atoms in total. The van der Waals surface area contributed by atoms with Gasteiger partial charge in [-0.05, 0) is 37.3 Å². The Hall–Kier alpha value is -1.46. The molecule has 0 saturated carbocycles. The number of hydrogen-bond acceptors (Lipinski definition) is 3. The van der Waals surface area contributed by atoms with Crippen LogP contribution in [0.15, 0.2) is 40.9 Å². The third kappa shape index (κ3) is 2.48. The first-order valence-corrected chi connectivity index (χ1v) is 7.32. The van der Waals surface area contributed by atoms with Crippen molar-refractivity contribution in [3.8, 4) is 0 Å². The Balaban J connectivity index is 1.99. The molecular formula is C14H10BrFN2S. The number of fused-ring (bicyclic) bond motifs is 1. The number of thiazole rings is 1. The van der Waals surface area contributed by atoms with Crippen molar-refractivity contribution < 1.29 is 4.39 Å². The molecule has 0 bridgehead atoms. The van der Waals surface area contributed by atoms with Crippen LogP contribution in [0.4, 0.5) is 15.2 Å². The Morgan fingerprint density at radius 3 is 2.95 bits per heavy atom. The smallest absolute Gasteiger partial charge is 0.188 e. The summed E-state index contributed by atoms with van der Waals surface area (Å²) in [5, 5.41) is 3.94. The Bertz CT molecular complexity index is 754. The average Bonchev–Trinajstić information content (AvgIpc) is 2.76. The lowest BCUT2D eigenvalue weighted by Crippen LogP contribution is -1.94. The van der Waals surface area contributed by atoms with Crippen LogP contribution in [0.2, 0.25) is 0 Å². The van der Waals surface area contributed by atoms with Crippen LogP contribution in [-0.4, -0.2) is 4.98 Å². The fourth-order valence-electron chi connectivity index (χ4n) is 1.81. The predicted molar refractivity (Wildman–Crippen MR) is 81.7 cm³/mol. The first-order valence-electron chi connectivity index (χ1n) is 5.72. The molecule has 5 heteroatoms. The third-order valence-corrected chi connectivity index (χ3v) is 4.30. The fourth-order valence-corrected chi connectivity index (χ4v) is 3.02. The van der Waals surface area contributed by atoms with E-state index in [0.717, 1.165) is 25.5 Å².